The number of aliphatic hydroxyl groups excluding tert-OH is 1. The Morgan fingerprint density at radius 3 is 2.67 bits per heavy atom. The Balaban J connectivity index is 2.39. The maximum atomic E-state index is 9.32. The van der Waals surface area contributed by atoms with Crippen LogP contribution in [0.4, 0.5) is 5.82 Å². The Hall–Kier alpha value is -1.33. The third kappa shape index (κ3) is 1.64. The average Bonchev–Trinajstić information content (AvgIpc) is 2.99. The highest BCUT2D eigenvalue weighted by Crippen LogP contribution is 2.47. The third-order valence-corrected chi connectivity index (χ3v) is 3.07. The second-order valence-corrected chi connectivity index (χ2v) is 4.20. The standard InChI is InChI=1S/C10H16N4O/c1-13(12)14-6-8(2-3-9(14)11)10(7-15)4-5-10/h2-3,6,11,15H,4-5,7,12H2,1H3/p+1. The molecule has 1 aliphatic carbocycles. The van der Waals surface area contributed by atoms with Gasteiger partial charge in [-0.05, 0) is 18.9 Å². The van der Waals surface area contributed by atoms with Crippen molar-refractivity contribution in [3.8, 4) is 0 Å². The molecule has 5 heteroatoms. The van der Waals surface area contributed by atoms with E-state index >= 15 is 0 Å². The van der Waals surface area contributed by atoms with Gasteiger partial charge in [0.15, 0.2) is 0 Å². The highest BCUT2D eigenvalue weighted by molar-refractivity contribution is 5.32. The number of rotatable bonds is 3. The fraction of sp³-hybridized carbons (Fsp3) is 0.500. The Bertz CT molecular complexity index is 374. The van der Waals surface area contributed by atoms with Crippen LogP contribution in [0.1, 0.15) is 18.4 Å². The topological polar surface area (TPSA) is 79.4 Å². The van der Waals surface area contributed by atoms with Gasteiger partial charge in [-0.1, -0.05) is 0 Å². The predicted molar refractivity (Wildman–Crippen MR) is 57.4 cm³/mol. The smallest absolute Gasteiger partial charge is 0.296 e. The van der Waals surface area contributed by atoms with Crippen molar-refractivity contribution in [3.63, 3.8) is 0 Å². The lowest BCUT2D eigenvalue weighted by Gasteiger charge is -2.15. The lowest BCUT2D eigenvalue weighted by atomic mass is 9.99. The molecule has 0 bridgehead atoms. The van der Waals surface area contributed by atoms with Crippen LogP contribution in [0.5, 0.6) is 0 Å². The summed E-state index contributed by atoms with van der Waals surface area (Å²) in [5.74, 6) is 6.22. The number of anilines is 1. The van der Waals surface area contributed by atoms with Gasteiger partial charge >= 0.3 is 0 Å². The van der Waals surface area contributed by atoms with Crippen molar-refractivity contribution in [1.29, 1.82) is 0 Å². The number of hydrogen-bond donors (Lipinski definition) is 3. The van der Waals surface area contributed by atoms with Gasteiger partial charge < -0.3 is 5.11 Å². The van der Waals surface area contributed by atoms with E-state index in [2.05, 4.69) is 0 Å². The first-order chi connectivity index (χ1) is 7.09. The highest BCUT2D eigenvalue weighted by Gasteiger charge is 2.44. The van der Waals surface area contributed by atoms with E-state index in [4.69, 9.17) is 11.6 Å². The van der Waals surface area contributed by atoms with Crippen molar-refractivity contribution in [2.24, 2.45) is 5.84 Å². The molecule has 2 rings (SSSR count). The maximum absolute atomic E-state index is 9.32. The van der Waals surface area contributed by atoms with Gasteiger partial charge in [0.05, 0.1) is 13.7 Å². The van der Waals surface area contributed by atoms with Crippen molar-refractivity contribution in [1.82, 2.24) is 0 Å². The molecule has 0 saturated heterocycles. The van der Waals surface area contributed by atoms with Crippen molar-refractivity contribution in [2.45, 2.75) is 18.3 Å². The molecular weight excluding hydrogens is 192 g/mol. The minimum Gasteiger partial charge on any atom is -0.395 e. The van der Waals surface area contributed by atoms with Crippen LogP contribution in [0.2, 0.25) is 0 Å². The first-order valence-electron chi connectivity index (χ1n) is 5.00. The van der Waals surface area contributed by atoms with E-state index in [1.54, 1.807) is 11.7 Å². The minimum atomic E-state index is -0.0501. The molecule has 0 aromatic carbocycles. The summed E-state index contributed by atoms with van der Waals surface area (Å²) >= 11 is 0. The van der Waals surface area contributed by atoms with Crippen LogP contribution in [0.15, 0.2) is 18.3 Å². The summed E-state index contributed by atoms with van der Waals surface area (Å²) in [7, 11) is 1.72. The average molecular weight is 209 g/mol. The van der Waals surface area contributed by atoms with Crippen LogP contribution in [-0.2, 0) is 5.41 Å². The van der Waals surface area contributed by atoms with Gasteiger partial charge in [-0.15, -0.1) is 4.68 Å². The molecule has 5 nitrogen and oxygen atoms in total. The lowest BCUT2D eigenvalue weighted by molar-refractivity contribution is -0.678. The van der Waals surface area contributed by atoms with Gasteiger partial charge in [-0.2, -0.15) is 5.12 Å². The monoisotopic (exact) mass is 209 g/mol. The van der Waals surface area contributed by atoms with E-state index in [0.717, 1.165) is 18.4 Å². The first kappa shape index (κ1) is 10.2. The second-order valence-electron chi connectivity index (χ2n) is 4.20. The largest absolute Gasteiger partial charge is 0.395 e. The SMILES string of the molecule is CN(N)[n+]1cc(C2(CO)CC2)ccc1N. The molecule has 15 heavy (non-hydrogen) atoms. The normalized spacial score (nSPS) is 17.5. The van der Waals surface area contributed by atoms with Gasteiger partial charge in [0, 0.05) is 17.0 Å². The molecule has 0 spiro atoms. The number of aliphatic hydroxyl groups is 1. The Morgan fingerprint density at radius 2 is 2.20 bits per heavy atom. The molecule has 1 fully saturated rings. The molecule has 1 heterocycles. The number of hydrogen-bond acceptors (Lipinski definition) is 4. The molecule has 1 aromatic heterocycles. The van der Waals surface area contributed by atoms with Crippen LogP contribution in [-0.4, -0.2) is 18.8 Å². The van der Waals surface area contributed by atoms with E-state index in [9.17, 15) is 5.11 Å². The molecule has 0 amide bonds. The van der Waals surface area contributed by atoms with E-state index in [1.165, 1.54) is 5.12 Å². The zero-order valence-corrected chi connectivity index (χ0v) is 8.85. The molecule has 1 aromatic rings. The predicted octanol–water partition coefficient (Wildman–Crippen LogP) is -0.978. The second kappa shape index (κ2) is 3.36. The molecular formula is C10H17N4O+. The van der Waals surface area contributed by atoms with Crippen molar-refractivity contribution in [3.05, 3.63) is 23.9 Å². The van der Waals surface area contributed by atoms with Gasteiger partial charge in [0.25, 0.3) is 5.82 Å². The van der Waals surface area contributed by atoms with Crippen LogP contribution >= 0.6 is 0 Å². The number of hydrazine groups is 1. The van der Waals surface area contributed by atoms with Crippen molar-refractivity contribution < 1.29 is 9.78 Å². The first-order valence-corrected chi connectivity index (χ1v) is 5.00. The van der Waals surface area contributed by atoms with Crippen LogP contribution in [0.25, 0.3) is 0 Å². The fourth-order valence-electron chi connectivity index (χ4n) is 1.78. The van der Waals surface area contributed by atoms with E-state index in [1.807, 2.05) is 18.3 Å². The number of nitrogen functional groups attached to an aromatic ring is 1. The summed E-state index contributed by atoms with van der Waals surface area (Å²) < 4.78 is 1.67. The molecule has 5 N–H and O–H groups in total. The van der Waals surface area contributed by atoms with Crippen LogP contribution in [0, 0.1) is 0 Å². The summed E-state index contributed by atoms with van der Waals surface area (Å²) in [6.07, 6.45) is 3.95. The third-order valence-electron chi connectivity index (χ3n) is 3.07. The summed E-state index contributed by atoms with van der Waals surface area (Å²) in [5, 5.41) is 10.7. The quantitative estimate of drug-likeness (QED) is 0.340. The van der Waals surface area contributed by atoms with Crippen molar-refractivity contribution in [2.75, 3.05) is 24.5 Å². The number of nitrogens with zero attached hydrogens (tertiary/aromatic N) is 2. The summed E-state index contributed by atoms with van der Waals surface area (Å²) in [5.41, 5.74) is 6.82. The molecule has 1 aliphatic rings. The van der Waals surface area contributed by atoms with Gasteiger partial charge in [-0.3, -0.25) is 5.73 Å². The molecule has 1 saturated carbocycles. The van der Waals surface area contributed by atoms with Gasteiger partial charge in [-0.25, -0.2) is 5.84 Å². The summed E-state index contributed by atoms with van der Waals surface area (Å²) in [4.78, 5) is 0. The zero-order valence-electron chi connectivity index (χ0n) is 8.85. The Morgan fingerprint density at radius 1 is 1.53 bits per heavy atom. The molecule has 0 aliphatic heterocycles. The summed E-state index contributed by atoms with van der Waals surface area (Å²) in [6.45, 7) is 0.186. The van der Waals surface area contributed by atoms with Crippen molar-refractivity contribution >= 4 is 5.82 Å². The zero-order chi connectivity index (χ0) is 11.1. The molecule has 0 radical (unpaired) electrons. The highest BCUT2D eigenvalue weighted by atomic mass is 16.3. The molecule has 82 valence electrons. The Labute approximate surface area is 88.9 Å². The lowest BCUT2D eigenvalue weighted by Crippen LogP contribution is -2.61. The number of pyridine rings is 1. The van der Waals surface area contributed by atoms with E-state index < -0.39 is 0 Å². The fourth-order valence-corrected chi connectivity index (χ4v) is 1.78. The van der Waals surface area contributed by atoms with Crippen LogP contribution < -0.4 is 21.4 Å². The summed E-state index contributed by atoms with van der Waals surface area (Å²) in [6, 6.07) is 3.77. The number of nitrogens with two attached hydrogens (primary N) is 2. The number of aromatic nitrogens is 1. The Kier molecular flexibility index (Phi) is 2.28. The molecule has 0 unspecified atom stereocenters. The van der Waals surface area contributed by atoms with Crippen LogP contribution in [0.3, 0.4) is 0 Å². The molecule has 0 atom stereocenters. The van der Waals surface area contributed by atoms with E-state index in [-0.39, 0.29) is 12.0 Å². The minimum absolute atomic E-state index is 0.0501. The van der Waals surface area contributed by atoms with E-state index in [0.29, 0.717) is 5.82 Å². The maximum Gasteiger partial charge on any atom is 0.296 e. The van der Waals surface area contributed by atoms with Gasteiger partial charge in [0.1, 0.15) is 6.20 Å². The van der Waals surface area contributed by atoms with Gasteiger partial charge in [0.2, 0.25) is 0 Å².